The summed E-state index contributed by atoms with van der Waals surface area (Å²) < 4.78 is 15.8. The first-order valence-corrected chi connectivity index (χ1v) is 7.53. The van der Waals surface area contributed by atoms with E-state index in [2.05, 4.69) is 5.32 Å². The van der Waals surface area contributed by atoms with Gasteiger partial charge in [0.15, 0.2) is 18.1 Å². The highest BCUT2D eigenvalue weighted by molar-refractivity contribution is 5.87. The molecule has 0 aliphatic carbocycles. The molecule has 0 radical (unpaired) electrons. The molecule has 2 amide bonds. The van der Waals surface area contributed by atoms with Crippen LogP contribution >= 0.6 is 0 Å². The van der Waals surface area contributed by atoms with Crippen molar-refractivity contribution in [1.82, 2.24) is 10.2 Å². The van der Waals surface area contributed by atoms with Gasteiger partial charge >= 0.3 is 0 Å². The van der Waals surface area contributed by atoms with Crippen molar-refractivity contribution in [3.05, 3.63) is 24.3 Å². The number of carbonyl (C=O) groups excluding carboxylic acids is 2. The number of para-hydroxylation sites is 2. The first-order valence-electron chi connectivity index (χ1n) is 7.53. The van der Waals surface area contributed by atoms with Gasteiger partial charge in [0.1, 0.15) is 6.04 Å². The van der Waals surface area contributed by atoms with Gasteiger partial charge in [-0.2, -0.15) is 0 Å². The summed E-state index contributed by atoms with van der Waals surface area (Å²) in [5, 5.41) is 2.65. The van der Waals surface area contributed by atoms with E-state index in [1.54, 1.807) is 30.0 Å². The molecular formula is C16H22N2O5. The summed E-state index contributed by atoms with van der Waals surface area (Å²) in [4.78, 5) is 25.8. The van der Waals surface area contributed by atoms with Crippen LogP contribution in [0.2, 0.25) is 0 Å². The number of amides is 2. The highest BCUT2D eigenvalue weighted by Gasteiger charge is 2.23. The van der Waals surface area contributed by atoms with Crippen LogP contribution in [-0.2, 0) is 14.3 Å². The van der Waals surface area contributed by atoms with Crippen LogP contribution in [0.4, 0.5) is 0 Å². The molecule has 0 unspecified atom stereocenters. The Labute approximate surface area is 135 Å². The van der Waals surface area contributed by atoms with E-state index in [1.165, 1.54) is 7.11 Å². The summed E-state index contributed by atoms with van der Waals surface area (Å²) in [7, 11) is 1.53. The maximum atomic E-state index is 12.2. The lowest BCUT2D eigenvalue weighted by Crippen LogP contribution is -2.51. The molecule has 1 aromatic rings. The topological polar surface area (TPSA) is 77.1 Å². The van der Waals surface area contributed by atoms with Crippen LogP contribution < -0.4 is 14.8 Å². The molecule has 7 nitrogen and oxygen atoms in total. The normalized spacial score (nSPS) is 15.7. The summed E-state index contributed by atoms with van der Waals surface area (Å²) in [6.07, 6.45) is 0. The summed E-state index contributed by atoms with van der Waals surface area (Å²) in [6, 6.07) is 6.48. The third-order valence-corrected chi connectivity index (χ3v) is 3.50. The number of rotatable bonds is 6. The Kier molecular flexibility index (Phi) is 6.22. The van der Waals surface area contributed by atoms with Crippen molar-refractivity contribution < 1.29 is 23.8 Å². The van der Waals surface area contributed by atoms with E-state index < -0.39 is 6.04 Å². The molecule has 2 rings (SSSR count). The molecule has 1 heterocycles. The SMILES string of the molecule is COc1ccccc1OCC(=O)N[C@@H](C)C(=O)N1CCOCC1. The van der Waals surface area contributed by atoms with Crippen LogP contribution in [0.15, 0.2) is 24.3 Å². The van der Waals surface area contributed by atoms with Crippen molar-refractivity contribution in [2.24, 2.45) is 0 Å². The van der Waals surface area contributed by atoms with E-state index in [0.29, 0.717) is 37.8 Å². The van der Waals surface area contributed by atoms with Crippen LogP contribution in [0.25, 0.3) is 0 Å². The zero-order valence-electron chi connectivity index (χ0n) is 13.4. The molecule has 1 N–H and O–H groups in total. The maximum absolute atomic E-state index is 12.2. The van der Waals surface area contributed by atoms with Crippen LogP contribution in [0, 0.1) is 0 Å². The molecule has 1 aliphatic heterocycles. The van der Waals surface area contributed by atoms with Crippen LogP contribution in [0.3, 0.4) is 0 Å². The molecule has 1 aliphatic rings. The second-order valence-electron chi connectivity index (χ2n) is 5.17. The highest BCUT2D eigenvalue weighted by atomic mass is 16.5. The number of hydrogen-bond acceptors (Lipinski definition) is 5. The van der Waals surface area contributed by atoms with Gasteiger partial charge in [-0.25, -0.2) is 0 Å². The first-order chi connectivity index (χ1) is 11.1. The molecule has 1 fully saturated rings. The number of carbonyl (C=O) groups is 2. The average Bonchev–Trinajstić information content (AvgIpc) is 2.60. The Morgan fingerprint density at radius 1 is 1.26 bits per heavy atom. The van der Waals surface area contributed by atoms with E-state index in [1.807, 2.05) is 6.07 Å². The molecule has 7 heteroatoms. The third kappa shape index (κ3) is 4.85. The molecule has 0 aromatic heterocycles. The molecule has 1 saturated heterocycles. The lowest BCUT2D eigenvalue weighted by atomic mass is 10.2. The lowest BCUT2D eigenvalue weighted by molar-refractivity contribution is -0.139. The van der Waals surface area contributed by atoms with Crippen LogP contribution in [0.1, 0.15) is 6.92 Å². The van der Waals surface area contributed by atoms with Gasteiger partial charge < -0.3 is 24.4 Å². The second-order valence-corrected chi connectivity index (χ2v) is 5.17. The Hall–Kier alpha value is -2.28. The first kappa shape index (κ1) is 17.1. The van der Waals surface area contributed by atoms with Gasteiger partial charge in [0.25, 0.3) is 5.91 Å². The molecule has 0 spiro atoms. The molecule has 23 heavy (non-hydrogen) atoms. The number of ether oxygens (including phenoxy) is 3. The minimum atomic E-state index is -0.595. The summed E-state index contributed by atoms with van der Waals surface area (Å²) >= 11 is 0. The van der Waals surface area contributed by atoms with Gasteiger partial charge in [-0.1, -0.05) is 12.1 Å². The molecule has 0 bridgehead atoms. The Morgan fingerprint density at radius 2 is 1.91 bits per heavy atom. The fourth-order valence-corrected chi connectivity index (χ4v) is 2.28. The number of methoxy groups -OCH3 is 1. The molecule has 1 atom stereocenters. The van der Waals surface area contributed by atoms with Crippen molar-refractivity contribution in [2.45, 2.75) is 13.0 Å². The van der Waals surface area contributed by atoms with Crippen LogP contribution in [0.5, 0.6) is 11.5 Å². The molecule has 1 aromatic carbocycles. The van der Waals surface area contributed by atoms with Gasteiger partial charge in [0.2, 0.25) is 5.91 Å². The number of benzene rings is 1. The average molecular weight is 322 g/mol. The predicted molar refractivity (Wildman–Crippen MR) is 83.5 cm³/mol. The number of nitrogens with one attached hydrogen (secondary N) is 1. The second kappa shape index (κ2) is 8.38. The van der Waals surface area contributed by atoms with Gasteiger partial charge in [-0.05, 0) is 19.1 Å². The zero-order chi connectivity index (χ0) is 16.7. The van der Waals surface area contributed by atoms with E-state index in [0.717, 1.165) is 0 Å². The quantitative estimate of drug-likeness (QED) is 0.822. The van der Waals surface area contributed by atoms with E-state index in [-0.39, 0.29) is 18.4 Å². The molecule has 0 saturated carbocycles. The lowest BCUT2D eigenvalue weighted by Gasteiger charge is -2.29. The fraction of sp³-hybridized carbons (Fsp3) is 0.500. The van der Waals surface area contributed by atoms with Crippen LogP contribution in [-0.4, -0.2) is 62.8 Å². The van der Waals surface area contributed by atoms with E-state index >= 15 is 0 Å². The predicted octanol–water partition coefficient (Wildman–Crippen LogP) is 0.438. The van der Waals surface area contributed by atoms with Crippen molar-refractivity contribution in [1.29, 1.82) is 0 Å². The monoisotopic (exact) mass is 322 g/mol. The smallest absolute Gasteiger partial charge is 0.258 e. The summed E-state index contributed by atoms with van der Waals surface area (Å²) in [5.74, 6) is 0.569. The van der Waals surface area contributed by atoms with Crippen molar-refractivity contribution in [3.63, 3.8) is 0 Å². The minimum Gasteiger partial charge on any atom is -0.493 e. The highest BCUT2D eigenvalue weighted by Crippen LogP contribution is 2.25. The number of nitrogens with zero attached hydrogens (tertiary/aromatic N) is 1. The van der Waals surface area contributed by atoms with Crippen molar-refractivity contribution in [3.8, 4) is 11.5 Å². The standard InChI is InChI=1S/C16H22N2O5/c1-12(16(20)18-7-9-22-10-8-18)17-15(19)11-23-14-6-4-3-5-13(14)21-2/h3-6,12H,7-11H2,1-2H3,(H,17,19)/t12-/m0/s1. The Bertz CT molecular complexity index is 543. The van der Waals surface area contributed by atoms with Crippen molar-refractivity contribution >= 4 is 11.8 Å². The molecule has 126 valence electrons. The van der Waals surface area contributed by atoms with Gasteiger partial charge in [0.05, 0.1) is 20.3 Å². The van der Waals surface area contributed by atoms with E-state index in [4.69, 9.17) is 14.2 Å². The minimum absolute atomic E-state index is 0.112. The largest absolute Gasteiger partial charge is 0.493 e. The zero-order valence-corrected chi connectivity index (χ0v) is 13.4. The summed E-state index contributed by atoms with van der Waals surface area (Å²) in [5.41, 5.74) is 0. The number of morpholine rings is 1. The fourth-order valence-electron chi connectivity index (χ4n) is 2.28. The maximum Gasteiger partial charge on any atom is 0.258 e. The Balaban J connectivity index is 1.80. The van der Waals surface area contributed by atoms with Gasteiger partial charge in [-0.15, -0.1) is 0 Å². The molecular weight excluding hydrogens is 300 g/mol. The van der Waals surface area contributed by atoms with E-state index in [9.17, 15) is 9.59 Å². The third-order valence-electron chi connectivity index (χ3n) is 3.50. The number of hydrogen-bond donors (Lipinski definition) is 1. The Morgan fingerprint density at radius 3 is 2.57 bits per heavy atom. The van der Waals surface area contributed by atoms with Gasteiger partial charge in [0, 0.05) is 13.1 Å². The van der Waals surface area contributed by atoms with Crippen molar-refractivity contribution in [2.75, 3.05) is 40.0 Å². The summed E-state index contributed by atoms with van der Waals surface area (Å²) in [6.45, 7) is 3.65. The van der Waals surface area contributed by atoms with Gasteiger partial charge in [-0.3, -0.25) is 9.59 Å².